The maximum Gasteiger partial charge on any atom is 0.189 e. The van der Waals surface area contributed by atoms with E-state index in [0.29, 0.717) is 0 Å². The fourth-order valence-corrected chi connectivity index (χ4v) is 2.01. The Morgan fingerprint density at radius 1 is 1.36 bits per heavy atom. The SMILES string of the molecule is CS(=O)(=O)c1ccccc1C(=O)CO. The summed E-state index contributed by atoms with van der Waals surface area (Å²) >= 11 is 0. The van der Waals surface area contributed by atoms with Crippen LogP contribution in [0.15, 0.2) is 29.2 Å². The molecule has 0 aliphatic heterocycles. The van der Waals surface area contributed by atoms with Gasteiger partial charge in [-0.05, 0) is 12.1 Å². The number of hydrogen-bond donors (Lipinski definition) is 1. The van der Waals surface area contributed by atoms with Crippen LogP contribution in [0, 0.1) is 0 Å². The van der Waals surface area contributed by atoms with Crippen molar-refractivity contribution in [1.82, 2.24) is 0 Å². The lowest BCUT2D eigenvalue weighted by atomic mass is 10.1. The molecule has 0 bridgehead atoms. The number of ketones is 1. The molecule has 0 heterocycles. The van der Waals surface area contributed by atoms with E-state index in [4.69, 9.17) is 5.11 Å². The molecule has 0 saturated carbocycles. The van der Waals surface area contributed by atoms with Crippen LogP contribution in [0.3, 0.4) is 0 Å². The van der Waals surface area contributed by atoms with Crippen LogP contribution >= 0.6 is 0 Å². The predicted molar refractivity (Wildman–Crippen MR) is 51.0 cm³/mol. The monoisotopic (exact) mass is 214 g/mol. The molecule has 5 heteroatoms. The lowest BCUT2D eigenvalue weighted by molar-refractivity contribution is 0.0900. The normalized spacial score (nSPS) is 11.3. The first-order valence-electron chi connectivity index (χ1n) is 3.90. The molecular weight excluding hydrogens is 204 g/mol. The largest absolute Gasteiger partial charge is 0.388 e. The highest BCUT2D eigenvalue weighted by Crippen LogP contribution is 2.15. The maximum atomic E-state index is 11.2. The third-order valence-corrected chi connectivity index (χ3v) is 2.89. The van der Waals surface area contributed by atoms with Gasteiger partial charge in [-0.3, -0.25) is 4.79 Å². The van der Waals surface area contributed by atoms with Gasteiger partial charge in [0, 0.05) is 11.8 Å². The van der Waals surface area contributed by atoms with Crippen LogP contribution in [0.2, 0.25) is 0 Å². The van der Waals surface area contributed by atoms with Crippen molar-refractivity contribution in [3.05, 3.63) is 29.8 Å². The van der Waals surface area contributed by atoms with Crippen LogP contribution in [0.4, 0.5) is 0 Å². The Hall–Kier alpha value is -1.20. The second-order valence-corrected chi connectivity index (χ2v) is 4.83. The minimum absolute atomic E-state index is 0.0394. The number of carbonyl (C=O) groups excluding carboxylic acids is 1. The molecule has 0 spiro atoms. The van der Waals surface area contributed by atoms with Crippen molar-refractivity contribution in [3.8, 4) is 0 Å². The van der Waals surface area contributed by atoms with Gasteiger partial charge in [0.05, 0.1) is 4.90 Å². The Bertz CT molecular complexity index is 448. The zero-order valence-corrected chi connectivity index (χ0v) is 8.41. The van der Waals surface area contributed by atoms with Gasteiger partial charge in [0.2, 0.25) is 0 Å². The Labute approximate surface area is 82.1 Å². The second kappa shape index (κ2) is 3.89. The zero-order chi connectivity index (χ0) is 10.8. The van der Waals surface area contributed by atoms with Crippen molar-refractivity contribution in [3.63, 3.8) is 0 Å². The summed E-state index contributed by atoms with van der Waals surface area (Å²) in [5, 5.41) is 8.63. The van der Waals surface area contributed by atoms with Gasteiger partial charge in [-0.1, -0.05) is 12.1 Å². The molecule has 1 aromatic carbocycles. The quantitative estimate of drug-likeness (QED) is 0.733. The molecule has 0 saturated heterocycles. The third-order valence-electron chi connectivity index (χ3n) is 1.73. The molecule has 0 radical (unpaired) electrons. The van der Waals surface area contributed by atoms with Crippen LogP contribution in [0.25, 0.3) is 0 Å². The third kappa shape index (κ3) is 2.18. The molecule has 0 aromatic heterocycles. The Kier molecular flexibility index (Phi) is 3.03. The topological polar surface area (TPSA) is 71.4 Å². The molecule has 0 unspecified atom stereocenters. The lowest BCUT2D eigenvalue weighted by Crippen LogP contribution is -2.10. The van der Waals surface area contributed by atoms with Crippen molar-refractivity contribution >= 4 is 15.6 Å². The molecule has 0 aliphatic rings. The van der Waals surface area contributed by atoms with E-state index < -0.39 is 22.2 Å². The molecule has 0 aliphatic carbocycles. The first-order chi connectivity index (χ1) is 6.46. The van der Waals surface area contributed by atoms with Crippen LogP contribution in [-0.4, -0.2) is 32.2 Å². The summed E-state index contributed by atoms with van der Waals surface area (Å²) in [4.78, 5) is 11.1. The average molecular weight is 214 g/mol. The summed E-state index contributed by atoms with van der Waals surface area (Å²) in [6.45, 7) is -0.688. The molecular formula is C9H10O4S. The Balaban J connectivity index is 3.38. The highest BCUT2D eigenvalue weighted by atomic mass is 32.2. The molecule has 0 atom stereocenters. The highest BCUT2D eigenvalue weighted by Gasteiger charge is 2.16. The lowest BCUT2D eigenvalue weighted by Gasteiger charge is -2.04. The molecule has 0 amide bonds. The van der Waals surface area contributed by atoms with Gasteiger partial charge in [0.15, 0.2) is 15.6 Å². The van der Waals surface area contributed by atoms with Crippen molar-refractivity contribution < 1.29 is 18.3 Å². The van der Waals surface area contributed by atoms with E-state index in [1.807, 2.05) is 0 Å². The molecule has 1 aromatic rings. The summed E-state index contributed by atoms with van der Waals surface area (Å²) < 4.78 is 22.5. The Morgan fingerprint density at radius 2 is 1.93 bits per heavy atom. The number of benzene rings is 1. The van der Waals surface area contributed by atoms with Gasteiger partial charge < -0.3 is 5.11 Å². The number of hydrogen-bond acceptors (Lipinski definition) is 4. The van der Waals surface area contributed by atoms with E-state index in [1.54, 1.807) is 6.07 Å². The Morgan fingerprint density at radius 3 is 2.43 bits per heavy atom. The summed E-state index contributed by atoms with van der Waals surface area (Å²) in [7, 11) is -3.42. The molecule has 1 rings (SSSR count). The van der Waals surface area contributed by atoms with E-state index >= 15 is 0 Å². The minimum Gasteiger partial charge on any atom is -0.388 e. The number of aliphatic hydroxyl groups is 1. The zero-order valence-electron chi connectivity index (χ0n) is 7.60. The van der Waals surface area contributed by atoms with Crippen LogP contribution in [-0.2, 0) is 9.84 Å². The average Bonchev–Trinajstić information content (AvgIpc) is 2.15. The first-order valence-corrected chi connectivity index (χ1v) is 5.79. The molecule has 1 N–H and O–H groups in total. The molecule has 14 heavy (non-hydrogen) atoms. The van der Waals surface area contributed by atoms with Crippen molar-refractivity contribution in [2.45, 2.75) is 4.90 Å². The van der Waals surface area contributed by atoms with Gasteiger partial charge in [-0.2, -0.15) is 0 Å². The van der Waals surface area contributed by atoms with Crippen LogP contribution in [0.1, 0.15) is 10.4 Å². The summed E-state index contributed by atoms with van der Waals surface area (Å²) in [5.74, 6) is -0.592. The molecule has 4 nitrogen and oxygen atoms in total. The van der Waals surface area contributed by atoms with Gasteiger partial charge in [0.1, 0.15) is 6.61 Å². The predicted octanol–water partition coefficient (Wildman–Crippen LogP) is 0.265. The second-order valence-electron chi connectivity index (χ2n) is 2.85. The van der Waals surface area contributed by atoms with Crippen molar-refractivity contribution in [2.24, 2.45) is 0 Å². The smallest absolute Gasteiger partial charge is 0.189 e. The number of Topliss-reactive ketones (excluding diaryl/α,β-unsaturated/α-hetero) is 1. The maximum absolute atomic E-state index is 11.2. The molecule has 0 fully saturated rings. The van der Waals surface area contributed by atoms with Crippen LogP contribution in [0.5, 0.6) is 0 Å². The van der Waals surface area contributed by atoms with E-state index in [-0.39, 0.29) is 10.5 Å². The minimum atomic E-state index is -3.42. The van der Waals surface area contributed by atoms with Crippen LogP contribution < -0.4 is 0 Å². The molecule has 76 valence electrons. The fourth-order valence-electron chi connectivity index (χ4n) is 1.11. The summed E-state index contributed by atoms with van der Waals surface area (Å²) in [6, 6.07) is 5.81. The number of aliphatic hydroxyl groups excluding tert-OH is 1. The summed E-state index contributed by atoms with van der Waals surface area (Å²) in [5.41, 5.74) is 0.0394. The highest BCUT2D eigenvalue weighted by molar-refractivity contribution is 7.90. The van der Waals surface area contributed by atoms with Gasteiger partial charge in [0.25, 0.3) is 0 Å². The summed E-state index contributed by atoms with van der Waals surface area (Å²) in [6.07, 6.45) is 1.02. The standard InChI is InChI=1S/C9H10O4S/c1-14(12,13)9-5-3-2-4-7(9)8(11)6-10/h2-5,10H,6H2,1H3. The van der Waals surface area contributed by atoms with Gasteiger partial charge in [-0.25, -0.2) is 8.42 Å². The van der Waals surface area contributed by atoms with Crippen molar-refractivity contribution in [1.29, 1.82) is 0 Å². The van der Waals surface area contributed by atoms with Gasteiger partial charge in [-0.15, -0.1) is 0 Å². The number of rotatable bonds is 3. The number of sulfone groups is 1. The fraction of sp³-hybridized carbons (Fsp3) is 0.222. The first kappa shape index (κ1) is 10.9. The van der Waals surface area contributed by atoms with E-state index in [9.17, 15) is 13.2 Å². The van der Waals surface area contributed by atoms with Gasteiger partial charge >= 0.3 is 0 Å². The van der Waals surface area contributed by atoms with E-state index in [0.717, 1.165) is 6.26 Å². The number of carbonyl (C=O) groups is 1. The van der Waals surface area contributed by atoms with E-state index in [2.05, 4.69) is 0 Å². The van der Waals surface area contributed by atoms with E-state index in [1.165, 1.54) is 18.2 Å². The van der Waals surface area contributed by atoms with Crippen molar-refractivity contribution in [2.75, 3.05) is 12.9 Å².